The number of nitro benzene ring substituents is 1. The Morgan fingerprint density at radius 3 is 2.30 bits per heavy atom. The van der Waals surface area contributed by atoms with Gasteiger partial charge in [0.2, 0.25) is 0 Å². The van der Waals surface area contributed by atoms with E-state index in [9.17, 15) is 23.3 Å². The number of para-hydroxylation sites is 1. The van der Waals surface area contributed by atoms with Gasteiger partial charge in [-0.2, -0.15) is 0 Å². The zero-order valence-corrected chi connectivity index (χ0v) is 12.4. The third-order valence-electron chi connectivity index (χ3n) is 3.44. The first-order chi connectivity index (χ1) is 10.9. The van der Waals surface area contributed by atoms with Crippen molar-refractivity contribution in [2.75, 3.05) is 0 Å². The summed E-state index contributed by atoms with van der Waals surface area (Å²) >= 11 is 0. The minimum absolute atomic E-state index is 0.0960. The van der Waals surface area contributed by atoms with Crippen molar-refractivity contribution in [3.63, 3.8) is 0 Å². The van der Waals surface area contributed by atoms with Crippen LogP contribution >= 0.6 is 0 Å². The molecule has 0 spiro atoms. The molecule has 0 fully saturated rings. The smallest absolute Gasteiger partial charge is 0.269 e. The van der Waals surface area contributed by atoms with Crippen LogP contribution in [0.2, 0.25) is 0 Å². The number of nitro groups is 1. The summed E-state index contributed by atoms with van der Waals surface area (Å²) in [5, 5.41) is 11.2. The lowest BCUT2D eigenvalue weighted by molar-refractivity contribution is -0.384. The van der Waals surface area contributed by atoms with Crippen molar-refractivity contribution in [3.8, 4) is 0 Å². The third kappa shape index (κ3) is 2.38. The fourth-order valence-electron chi connectivity index (χ4n) is 2.32. The predicted octanol–water partition coefficient (Wildman–Crippen LogP) is 2.60. The molecule has 0 aliphatic heterocycles. The molecule has 0 atom stereocenters. The van der Waals surface area contributed by atoms with Crippen molar-refractivity contribution in [3.05, 3.63) is 70.4 Å². The number of non-ortho nitro benzene ring substituents is 1. The maximum atomic E-state index is 12.7. The quantitative estimate of drug-likeness (QED) is 0.416. The van der Waals surface area contributed by atoms with Gasteiger partial charge in [0.1, 0.15) is 0 Å². The molecule has 3 aromatic rings. The van der Waals surface area contributed by atoms with Gasteiger partial charge in [-0.25, -0.2) is 12.4 Å². The minimum Gasteiger partial charge on any atom is -0.298 e. The molecule has 0 saturated heterocycles. The molecule has 3 rings (SSSR count). The number of benzene rings is 2. The number of carbonyl (C=O) groups is 1. The SMILES string of the molecule is O=Cc1cn(S(=O)(=O)c2ccc([N+](=O)[O-])cc2)c2ccccc12. The van der Waals surface area contributed by atoms with Gasteiger partial charge in [-0.15, -0.1) is 0 Å². The molecule has 0 amide bonds. The second-order valence-electron chi connectivity index (χ2n) is 4.77. The van der Waals surface area contributed by atoms with Gasteiger partial charge < -0.3 is 0 Å². The molecule has 0 N–H and O–H groups in total. The van der Waals surface area contributed by atoms with Crippen LogP contribution in [-0.4, -0.2) is 23.6 Å². The van der Waals surface area contributed by atoms with Gasteiger partial charge in [0.25, 0.3) is 15.7 Å². The molecule has 1 heterocycles. The molecular formula is C15H10N2O5S. The number of aromatic nitrogens is 1. The van der Waals surface area contributed by atoms with Crippen molar-refractivity contribution in [2.24, 2.45) is 0 Å². The molecule has 116 valence electrons. The van der Waals surface area contributed by atoms with E-state index in [1.807, 2.05) is 0 Å². The molecule has 7 nitrogen and oxygen atoms in total. The number of fused-ring (bicyclic) bond motifs is 1. The standard InChI is InChI=1S/C15H10N2O5S/c18-10-11-9-16(15-4-2-1-3-14(11)15)23(21,22)13-7-5-12(6-8-13)17(19)20/h1-10H. The Bertz CT molecular complexity index is 1020. The van der Waals surface area contributed by atoms with E-state index >= 15 is 0 Å². The van der Waals surface area contributed by atoms with E-state index in [2.05, 4.69) is 0 Å². The van der Waals surface area contributed by atoms with Crippen LogP contribution in [0.3, 0.4) is 0 Å². The van der Waals surface area contributed by atoms with Crippen molar-refractivity contribution < 1.29 is 18.1 Å². The molecule has 0 aliphatic carbocycles. The lowest BCUT2D eigenvalue weighted by Crippen LogP contribution is -2.11. The lowest BCUT2D eigenvalue weighted by atomic mass is 10.2. The average molecular weight is 330 g/mol. The Balaban J connectivity index is 2.20. The number of hydrogen-bond donors (Lipinski definition) is 0. The monoisotopic (exact) mass is 330 g/mol. The van der Waals surface area contributed by atoms with E-state index in [1.54, 1.807) is 24.3 Å². The van der Waals surface area contributed by atoms with Crippen molar-refractivity contribution >= 4 is 32.9 Å². The maximum Gasteiger partial charge on any atom is 0.269 e. The molecule has 0 bridgehead atoms. The Labute approximate surface area is 131 Å². The van der Waals surface area contributed by atoms with Crippen LogP contribution in [0.4, 0.5) is 5.69 Å². The largest absolute Gasteiger partial charge is 0.298 e. The highest BCUT2D eigenvalue weighted by atomic mass is 32.2. The highest BCUT2D eigenvalue weighted by Gasteiger charge is 2.21. The summed E-state index contributed by atoms with van der Waals surface area (Å²) in [7, 11) is -3.96. The number of carbonyl (C=O) groups excluding carboxylic acids is 1. The Kier molecular flexibility index (Phi) is 3.45. The van der Waals surface area contributed by atoms with E-state index in [0.717, 1.165) is 16.1 Å². The van der Waals surface area contributed by atoms with Gasteiger partial charge in [-0.05, 0) is 18.2 Å². The van der Waals surface area contributed by atoms with Gasteiger partial charge in [0, 0.05) is 29.3 Å². The van der Waals surface area contributed by atoms with E-state index in [1.165, 1.54) is 18.3 Å². The van der Waals surface area contributed by atoms with Crippen LogP contribution in [0.15, 0.2) is 59.6 Å². The summed E-state index contributed by atoms with van der Waals surface area (Å²) in [6.07, 6.45) is 1.83. The topological polar surface area (TPSA) is 99.3 Å². The van der Waals surface area contributed by atoms with Crippen LogP contribution in [0.25, 0.3) is 10.9 Å². The normalized spacial score (nSPS) is 11.5. The van der Waals surface area contributed by atoms with Crippen LogP contribution in [0.5, 0.6) is 0 Å². The lowest BCUT2D eigenvalue weighted by Gasteiger charge is -2.07. The van der Waals surface area contributed by atoms with Crippen LogP contribution in [-0.2, 0) is 10.0 Å². The zero-order chi connectivity index (χ0) is 16.6. The van der Waals surface area contributed by atoms with E-state index in [0.29, 0.717) is 17.2 Å². The highest BCUT2D eigenvalue weighted by molar-refractivity contribution is 7.90. The summed E-state index contributed by atoms with van der Waals surface area (Å²) in [5.74, 6) is 0. The van der Waals surface area contributed by atoms with Gasteiger partial charge >= 0.3 is 0 Å². The Morgan fingerprint density at radius 2 is 1.70 bits per heavy atom. The first-order valence-corrected chi connectivity index (χ1v) is 7.94. The zero-order valence-electron chi connectivity index (χ0n) is 11.6. The van der Waals surface area contributed by atoms with E-state index < -0.39 is 14.9 Å². The van der Waals surface area contributed by atoms with E-state index in [-0.39, 0.29) is 16.1 Å². The number of nitrogens with zero attached hydrogens (tertiary/aromatic N) is 2. The van der Waals surface area contributed by atoms with Gasteiger partial charge in [-0.1, -0.05) is 18.2 Å². The second kappa shape index (κ2) is 5.33. The number of hydrogen-bond acceptors (Lipinski definition) is 5. The number of aldehydes is 1. The van der Waals surface area contributed by atoms with Crippen LogP contribution < -0.4 is 0 Å². The van der Waals surface area contributed by atoms with Gasteiger partial charge in [0.15, 0.2) is 6.29 Å². The second-order valence-corrected chi connectivity index (χ2v) is 6.59. The summed E-state index contributed by atoms with van der Waals surface area (Å²) in [5.41, 5.74) is 0.425. The molecule has 23 heavy (non-hydrogen) atoms. The predicted molar refractivity (Wildman–Crippen MR) is 83.0 cm³/mol. The Morgan fingerprint density at radius 1 is 1.04 bits per heavy atom. The van der Waals surface area contributed by atoms with Crippen molar-refractivity contribution in [1.29, 1.82) is 0 Å². The molecule has 8 heteroatoms. The molecule has 2 aromatic carbocycles. The summed E-state index contributed by atoms with van der Waals surface area (Å²) < 4.78 is 26.5. The highest BCUT2D eigenvalue weighted by Crippen LogP contribution is 2.26. The Hall–Kier alpha value is -3.00. The molecule has 0 aliphatic rings. The van der Waals surface area contributed by atoms with Crippen LogP contribution in [0, 0.1) is 10.1 Å². The fraction of sp³-hybridized carbons (Fsp3) is 0. The average Bonchev–Trinajstić information content (AvgIpc) is 2.94. The molecule has 0 radical (unpaired) electrons. The molecule has 0 saturated carbocycles. The minimum atomic E-state index is -3.96. The molecular weight excluding hydrogens is 320 g/mol. The summed E-state index contributed by atoms with van der Waals surface area (Å²) in [6, 6.07) is 11.2. The van der Waals surface area contributed by atoms with E-state index in [4.69, 9.17) is 0 Å². The third-order valence-corrected chi connectivity index (χ3v) is 5.13. The summed E-state index contributed by atoms with van der Waals surface area (Å²) in [4.78, 5) is 21.1. The first kappa shape index (κ1) is 14.9. The molecule has 0 unspecified atom stereocenters. The van der Waals surface area contributed by atoms with Gasteiger partial charge in [-0.3, -0.25) is 14.9 Å². The maximum absolute atomic E-state index is 12.7. The first-order valence-electron chi connectivity index (χ1n) is 6.50. The van der Waals surface area contributed by atoms with Crippen molar-refractivity contribution in [1.82, 2.24) is 3.97 Å². The van der Waals surface area contributed by atoms with Gasteiger partial charge in [0.05, 0.1) is 15.3 Å². The molecule has 1 aromatic heterocycles. The summed E-state index contributed by atoms with van der Waals surface area (Å²) in [6.45, 7) is 0. The van der Waals surface area contributed by atoms with Crippen LogP contribution in [0.1, 0.15) is 10.4 Å². The number of rotatable bonds is 4. The fourth-order valence-corrected chi connectivity index (χ4v) is 3.70. The van der Waals surface area contributed by atoms with Crippen molar-refractivity contribution in [2.45, 2.75) is 4.90 Å².